The van der Waals surface area contributed by atoms with Gasteiger partial charge in [-0.05, 0) is 31.0 Å². The molecular formula is C22H22F3N7O2. The van der Waals surface area contributed by atoms with Gasteiger partial charge in [0, 0.05) is 36.7 Å². The van der Waals surface area contributed by atoms with Crippen molar-refractivity contribution in [2.75, 3.05) is 30.8 Å². The standard InChI is InChI=1S/C22H22F3N7O2/c1-34-16-6-2-5-15-18(16)27-21(26)32-20(15)28-19(29-32)13-4-3-9-30(10-13)14-7-8-17(33)31(11-14)12-22(23,24)25/h2,5-8,11,13H,3-4,9-10,12H2,1H3,(H2,26,27)/t13-/m1/s1. The number of nitrogens with two attached hydrogens (primary N) is 1. The van der Waals surface area contributed by atoms with Gasteiger partial charge in [0.25, 0.3) is 5.56 Å². The van der Waals surface area contributed by atoms with Crippen LogP contribution in [0.25, 0.3) is 16.6 Å². The minimum Gasteiger partial charge on any atom is -0.494 e. The molecule has 4 aromatic rings. The second-order valence-corrected chi connectivity index (χ2v) is 8.29. The van der Waals surface area contributed by atoms with E-state index in [1.165, 1.54) is 16.8 Å². The molecule has 34 heavy (non-hydrogen) atoms. The number of nitrogens with zero attached hydrogens (tertiary/aromatic N) is 6. The lowest BCUT2D eigenvalue weighted by atomic mass is 9.97. The Morgan fingerprint density at radius 2 is 2.03 bits per heavy atom. The number of nitrogen functional groups attached to an aromatic ring is 1. The van der Waals surface area contributed by atoms with Crippen LogP contribution < -0.4 is 20.9 Å². The fraction of sp³-hybridized carbons (Fsp3) is 0.364. The molecule has 9 nitrogen and oxygen atoms in total. The Labute approximate surface area is 191 Å². The van der Waals surface area contributed by atoms with Crippen LogP contribution in [0.15, 0.2) is 41.3 Å². The van der Waals surface area contributed by atoms with Gasteiger partial charge in [0.15, 0.2) is 11.5 Å². The first-order chi connectivity index (χ1) is 16.2. The molecule has 0 bridgehead atoms. The van der Waals surface area contributed by atoms with E-state index >= 15 is 0 Å². The van der Waals surface area contributed by atoms with E-state index < -0.39 is 18.3 Å². The predicted octanol–water partition coefficient (Wildman–Crippen LogP) is 2.98. The summed E-state index contributed by atoms with van der Waals surface area (Å²) in [5.74, 6) is 1.26. The summed E-state index contributed by atoms with van der Waals surface area (Å²) in [5, 5.41) is 5.35. The minimum atomic E-state index is -4.48. The number of hydrogen-bond acceptors (Lipinski definition) is 7. The number of ether oxygens (including phenoxy) is 1. The molecule has 2 N–H and O–H groups in total. The smallest absolute Gasteiger partial charge is 0.406 e. The monoisotopic (exact) mass is 473 g/mol. The lowest BCUT2D eigenvalue weighted by Gasteiger charge is -2.33. The van der Waals surface area contributed by atoms with Gasteiger partial charge in [-0.3, -0.25) is 4.79 Å². The SMILES string of the molecule is COc1cccc2c1nc(N)n1nc([C@@H]3CCCN(c4ccc(=O)n(CC(F)(F)F)c4)C3)nc21. The van der Waals surface area contributed by atoms with Gasteiger partial charge < -0.3 is 19.9 Å². The zero-order chi connectivity index (χ0) is 24.0. The number of para-hydroxylation sites is 1. The maximum Gasteiger partial charge on any atom is 0.406 e. The summed E-state index contributed by atoms with van der Waals surface area (Å²) in [5.41, 5.74) is 7.16. The Morgan fingerprint density at radius 3 is 2.79 bits per heavy atom. The van der Waals surface area contributed by atoms with Gasteiger partial charge in [-0.1, -0.05) is 6.07 Å². The summed E-state index contributed by atoms with van der Waals surface area (Å²) in [4.78, 5) is 23.0. The van der Waals surface area contributed by atoms with Crippen molar-refractivity contribution in [3.05, 3.63) is 52.7 Å². The van der Waals surface area contributed by atoms with Gasteiger partial charge in [0.2, 0.25) is 5.95 Å². The number of pyridine rings is 1. The molecule has 1 aliphatic rings. The van der Waals surface area contributed by atoms with Crippen molar-refractivity contribution in [1.29, 1.82) is 0 Å². The molecule has 1 aromatic carbocycles. The van der Waals surface area contributed by atoms with Crippen molar-refractivity contribution in [2.45, 2.75) is 31.5 Å². The van der Waals surface area contributed by atoms with Gasteiger partial charge in [-0.25, -0.2) is 9.97 Å². The average Bonchev–Trinajstić information content (AvgIpc) is 3.26. The number of alkyl halides is 3. The largest absolute Gasteiger partial charge is 0.494 e. The molecule has 5 rings (SSSR count). The van der Waals surface area contributed by atoms with E-state index in [1.807, 2.05) is 17.0 Å². The molecule has 3 aromatic heterocycles. The molecule has 0 radical (unpaired) electrons. The molecular weight excluding hydrogens is 451 g/mol. The van der Waals surface area contributed by atoms with Crippen molar-refractivity contribution in [2.24, 2.45) is 0 Å². The molecule has 0 amide bonds. The molecule has 178 valence electrons. The van der Waals surface area contributed by atoms with E-state index in [2.05, 4.69) is 10.1 Å². The van der Waals surface area contributed by atoms with Crippen molar-refractivity contribution >= 4 is 28.2 Å². The highest BCUT2D eigenvalue weighted by Crippen LogP contribution is 2.32. The van der Waals surface area contributed by atoms with Crippen molar-refractivity contribution in [1.82, 2.24) is 24.1 Å². The summed E-state index contributed by atoms with van der Waals surface area (Å²) < 4.78 is 46.1. The second kappa shape index (κ2) is 8.19. The zero-order valence-corrected chi connectivity index (χ0v) is 18.3. The first-order valence-electron chi connectivity index (χ1n) is 10.7. The van der Waals surface area contributed by atoms with Crippen molar-refractivity contribution in [3.63, 3.8) is 0 Å². The number of halogens is 3. The number of piperidine rings is 1. The Morgan fingerprint density at radius 1 is 1.21 bits per heavy atom. The number of methoxy groups -OCH3 is 1. The molecule has 1 atom stereocenters. The maximum atomic E-state index is 12.9. The third-order valence-corrected chi connectivity index (χ3v) is 6.00. The number of hydrogen-bond donors (Lipinski definition) is 1. The van der Waals surface area contributed by atoms with Gasteiger partial charge in [-0.2, -0.15) is 17.7 Å². The molecule has 0 unspecified atom stereocenters. The molecule has 1 saturated heterocycles. The predicted molar refractivity (Wildman–Crippen MR) is 120 cm³/mol. The van der Waals surface area contributed by atoms with Gasteiger partial charge in [-0.15, -0.1) is 5.10 Å². The topological polar surface area (TPSA) is 104 Å². The fourth-order valence-corrected chi connectivity index (χ4v) is 4.42. The van der Waals surface area contributed by atoms with Crippen LogP contribution in [0.4, 0.5) is 24.8 Å². The van der Waals surface area contributed by atoms with Crippen LogP contribution in [0.3, 0.4) is 0 Å². The van der Waals surface area contributed by atoms with Gasteiger partial charge in [0.1, 0.15) is 17.8 Å². The van der Waals surface area contributed by atoms with Gasteiger partial charge >= 0.3 is 6.18 Å². The molecule has 1 aliphatic heterocycles. The maximum absolute atomic E-state index is 12.9. The van der Waals surface area contributed by atoms with Crippen LogP contribution in [0, 0.1) is 0 Å². The average molecular weight is 473 g/mol. The highest BCUT2D eigenvalue weighted by atomic mass is 19.4. The van der Waals surface area contributed by atoms with Crippen LogP contribution >= 0.6 is 0 Å². The Bertz CT molecular complexity index is 1430. The van der Waals surface area contributed by atoms with Crippen molar-refractivity contribution in [3.8, 4) is 5.75 Å². The number of anilines is 2. The second-order valence-electron chi connectivity index (χ2n) is 8.29. The van der Waals surface area contributed by atoms with E-state index in [0.717, 1.165) is 18.2 Å². The normalized spacial score (nSPS) is 16.9. The Hall–Kier alpha value is -3.83. The third kappa shape index (κ3) is 3.99. The third-order valence-electron chi connectivity index (χ3n) is 6.00. The first kappa shape index (κ1) is 22.0. The van der Waals surface area contributed by atoms with E-state index in [0.29, 0.717) is 46.1 Å². The zero-order valence-electron chi connectivity index (χ0n) is 18.3. The van der Waals surface area contributed by atoms with Gasteiger partial charge in [0.05, 0.1) is 12.8 Å². The molecule has 4 heterocycles. The highest BCUT2D eigenvalue weighted by molar-refractivity contribution is 5.95. The lowest BCUT2D eigenvalue weighted by molar-refractivity contribution is -0.141. The van der Waals surface area contributed by atoms with Crippen LogP contribution in [0.2, 0.25) is 0 Å². The summed E-state index contributed by atoms with van der Waals surface area (Å²) in [6.45, 7) is -0.179. The number of fused-ring (bicyclic) bond motifs is 3. The Balaban J connectivity index is 1.48. The molecule has 0 saturated carbocycles. The van der Waals surface area contributed by atoms with Crippen LogP contribution in [0.5, 0.6) is 5.75 Å². The molecule has 12 heteroatoms. The first-order valence-corrected chi connectivity index (χ1v) is 10.7. The molecule has 1 fully saturated rings. The van der Waals surface area contributed by atoms with E-state index in [1.54, 1.807) is 19.2 Å². The number of benzene rings is 1. The Kier molecular flexibility index (Phi) is 5.29. The lowest BCUT2D eigenvalue weighted by Crippen LogP contribution is -2.36. The molecule has 0 spiro atoms. The van der Waals surface area contributed by atoms with E-state index in [4.69, 9.17) is 15.5 Å². The highest BCUT2D eigenvalue weighted by Gasteiger charge is 2.30. The van der Waals surface area contributed by atoms with Crippen LogP contribution in [0.1, 0.15) is 24.6 Å². The van der Waals surface area contributed by atoms with E-state index in [-0.39, 0.29) is 11.9 Å². The minimum absolute atomic E-state index is 0.0725. The van der Waals surface area contributed by atoms with Crippen LogP contribution in [-0.2, 0) is 6.54 Å². The summed E-state index contributed by atoms with van der Waals surface area (Å²) in [6, 6.07) is 8.22. The number of aromatic nitrogens is 5. The van der Waals surface area contributed by atoms with Crippen LogP contribution in [-0.4, -0.2) is 50.5 Å². The number of rotatable bonds is 4. The quantitative estimate of drug-likeness (QED) is 0.486. The fourth-order valence-electron chi connectivity index (χ4n) is 4.42. The summed E-state index contributed by atoms with van der Waals surface area (Å²) in [7, 11) is 1.56. The summed E-state index contributed by atoms with van der Waals surface area (Å²) >= 11 is 0. The molecule has 0 aliphatic carbocycles. The summed E-state index contributed by atoms with van der Waals surface area (Å²) in [6.07, 6.45) is -1.62. The van der Waals surface area contributed by atoms with Crippen molar-refractivity contribution < 1.29 is 17.9 Å². The van der Waals surface area contributed by atoms with E-state index in [9.17, 15) is 18.0 Å².